The molecule has 0 aliphatic heterocycles. The smallest absolute Gasteiger partial charge is 0.216 e. The largest absolute Gasteiger partial charge is 0.481 e. The lowest BCUT2D eigenvalue weighted by Gasteiger charge is -2.24. The summed E-state index contributed by atoms with van der Waals surface area (Å²) in [7, 11) is 1.67. The van der Waals surface area contributed by atoms with Crippen LogP contribution >= 0.6 is 0 Å². The van der Waals surface area contributed by atoms with Gasteiger partial charge in [-0.1, -0.05) is 19.4 Å². The van der Waals surface area contributed by atoms with E-state index in [1.807, 2.05) is 6.07 Å². The molecule has 1 aliphatic rings. The Bertz CT molecular complexity index is 380. The van der Waals surface area contributed by atoms with E-state index in [2.05, 4.69) is 18.0 Å². The quantitative estimate of drug-likeness (QED) is 0.871. The van der Waals surface area contributed by atoms with Crippen molar-refractivity contribution < 1.29 is 4.74 Å². The van der Waals surface area contributed by atoms with E-state index in [9.17, 15) is 0 Å². The Balaban J connectivity index is 2.10. The van der Waals surface area contributed by atoms with Crippen molar-refractivity contribution in [1.82, 2.24) is 4.98 Å². The highest BCUT2D eigenvalue weighted by Crippen LogP contribution is 2.37. The third-order valence-electron chi connectivity index (χ3n) is 3.91. The van der Waals surface area contributed by atoms with Crippen LogP contribution in [0.1, 0.15) is 38.2 Å². The lowest BCUT2D eigenvalue weighted by molar-refractivity contribution is 0.370. The number of rotatable bonds is 4. The van der Waals surface area contributed by atoms with Crippen LogP contribution in [0.5, 0.6) is 5.88 Å². The summed E-state index contributed by atoms with van der Waals surface area (Å²) in [6.45, 7) is 2.25. The molecule has 2 N–H and O–H groups in total. The van der Waals surface area contributed by atoms with Gasteiger partial charge in [-0.3, -0.25) is 0 Å². The Labute approximate surface area is 103 Å². The standard InChI is InChI=1S/C14H22N2O/c1-3-11-6-7-14(15,9-11)10-12-5-4-8-16-13(12)17-2/h4-5,8,11H,3,6-7,9-10,15H2,1-2H3. The van der Waals surface area contributed by atoms with Crippen LogP contribution in [0, 0.1) is 5.92 Å². The van der Waals surface area contributed by atoms with Gasteiger partial charge in [0.25, 0.3) is 0 Å². The minimum Gasteiger partial charge on any atom is -0.481 e. The van der Waals surface area contributed by atoms with E-state index in [1.54, 1.807) is 13.3 Å². The molecule has 17 heavy (non-hydrogen) atoms. The van der Waals surface area contributed by atoms with Crippen LogP contribution in [0.4, 0.5) is 0 Å². The molecule has 3 nitrogen and oxygen atoms in total. The molecule has 2 unspecified atom stereocenters. The average Bonchev–Trinajstić information content (AvgIpc) is 2.72. The SMILES string of the molecule is CCC1CCC(N)(Cc2cccnc2OC)C1. The predicted octanol–water partition coefficient (Wildman–Crippen LogP) is 2.54. The van der Waals surface area contributed by atoms with Crippen LogP contribution in [0.2, 0.25) is 0 Å². The first-order valence-corrected chi connectivity index (χ1v) is 6.43. The molecule has 1 aromatic rings. The van der Waals surface area contributed by atoms with E-state index < -0.39 is 0 Å². The average molecular weight is 234 g/mol. The van der Waals surface area contributed by atoms with Gasteiger partial charge in [0.05, 0.1) is 7.11 Å². The van der Waals surface area contributed by atoms with E-state index in [-0.39, 0.29) is 5.54 Å². The molecule has 2 atom stereocenters. The van der Waals surface area contributed by atoms with Crippen LogP contribution < -0.4 is 10.5 Å². The molecule has 0 bridgehead atoms. The number of nitrogens with zero attached hydrogens (tertiary/aromatic N) is 1. The zero-order valence-corrected chi connectivity index (χ0v) is 10.8. The summed E-state index contributed by atoms with van der Waals surface area (Å²) in [6.07, 6.45) is 7.37. The normalized spacial score (nSPS) is 28.3. The summed E-state index contributed by atoms with van der Waals surface area (Å²) in [5.41, 5.74) is 7.57. The molecule has 1 aromatic heterocycles. The van der Waals surface area contributed by atoms with Crippen molar-refractivity contribution in [3.8, 4) is 5.88 Å². The number of ether oxygens (including phenoxy) is 1. The van der Waals surface area contributed by atoms with Gasteiger partial charge >= 0.3 is 0 Å². The molecule has 1 aliphatic carbocycles. The van der Waals surface area contributed by atoms with Crippen molar-refractivity contribution in [2.45, 2.75) is 44.6 Å². The molecule has 0 saturated heterocycles. The molecule has 0 spiro atoms. The predicted molar refractivity (Wildman–Crippen MR) is 69.0 cm³/mol. The number of hydrogen-bond donors (Lipinski definition) is 1. The van der Waals surface area contributed by atoms with Crippen molar-refractivity contribution >= 4 is 0 Å². The molecule has 3 heteroatoms. The van der Waals surface area contributed by atoms with Crippen molar-refractivity contribution in [3.05, 3.63) is 23.9 Å². The topological polar surface area (TPSA) is 48.1 Å². The van der Waals surface area contributed by atoms with E-state index >= 15 is 0 Å². The molecule has 0 radical (unpaired) electrons. The van der Waals surface area contributed by atoms with Gasteiger partial charge in [0.2, 0.25) is 5.88 Å². The van der Waals surface area contributed by atoms with Crippen molar-refractivity contribution in [1.29, 1.82) is 0 Å². The van der Waals surface area contributed by atoms with Gasteiger partial charge in [-0.15, -0.1) is 0 Å². The monoisotopic (exact) mass is 234 g/mol. The van der Waals surface area contributed by atoms with E-state index in [4.69, 9.17) is 10.5 Å². The van der Waals surface area contributed by atoms with Crippen LogP contribution in [0.3, 0.4) is 0 Å². The Morgan fingerprint density at radius 3 is 3.06 bits per heavy atom. The van der Waals surface area contributed by atoms with Gasteiger partial charge < -0.3 is 10.5 Å². The highest BCUT2D eigenvalue weighted by atomic mass is 16.5. The Hall–Kier alpha value is -1.09. The van der Waals surface area contributed by atoms with Crippen LogP contribution in [0.15, 0.2) is 18.3 Å². The maximum absolute atomic E-state index is 6.50. The fraction of sp³-hybridized carbons (Fsp3) is 0.643. The molecule has 1 heterocycles. The second-order valence-corrected chi connectivity index (χ2v) is 5.23. The molecule has 94 valence electrons. The maximum Gasteiger partial charge on any atom is 0.216 e. The lowest BCUT2D eigenvalue weighted by Crippen LogP contribution is -2.39. The summed E-state index contributed by atoms with van der Waals surface area (Å²) in [5.74, 6) is 1.51. The highest BCUT2D eigenvalue weighted by Gasteiger charge is 2.35. The molecule has 2 rings (SSSR count). The van der Waals surface area contributed by atoms with Crippen LogP contribution in [-0.4, -0.2) is 17.6 Å². The third-order valence-corrected chi connectivity index (χ3v) is 3.91. The minimum atomic E-state index is -0.0585. The van der Waals surface area contributed by atoms with E-state index in [0.717, 1.165) is 36.6 Å². The molecule has 0 amide bonds. The minimum absolute atomic E-state index is 0.0585. The first kappa shape index (κ1) is 12.4. The number of nitrogens with two attached hydrogens (primary N) is 1. The van der Waals surface area contributed by atoms with Crippen LogP contribution in [-0.2, 0) is 6.42 Å². The second kappa shape index (κ2) is 5.05. The Morgan fingerprint density at radius 1 is 1.59 bits per heavy atom. The summed E-state index contributed by atoms with van der Waals surface area (Å²) in [5, 5.41) is 0. The fourth-order valence-corrected chi connectivity index (χ4v) is 2.90. The van der Waals surface area contributed by atoms with Crippen molar-refractivity contribution in [2.75, 3.05) is 7.11 Å². The molecular weight excluding hydrogens is 212 g/mol. The summed E-state index contributed by atoms with van der Waals surface area (Å²) >= 11 is 0. The third kappa shape index (κ3) is 2.78. The number of pyridine rings is 1. The van der Waals surface area contributed by atoms with Crippen molar-refractivity contribution in [2.24, 2.45) is 11.7 Å². The van der Waals surface area contributed by atoms with Crippen molar-refractivity contribution in [3.63, 3.8) is 0 Å². The summed E-state index contributed by atoms with van der Waals surface area (Å²) in [4.78, 5) is 4.23. The number of aromatic nitrogens is 1. The van der Waals surface area contributed by atoms with Gasteiger partial charge in [0.1, 0.15) is 0 Å². The summed E-state index contributed by atoms with van der Waals surface area (Å²) in [6, 6.07) is 4.02. The molecule has 1 fully saturated rings. The molecular formula is C14H22N2O. The van der Waals surface area contributed by atoms with Gasteiger partial charge in [0, 0.05) is 17.3 Å². The first-order chi connectivity index (χ1) is 8.17. The van der Waals surface area contributed by atoms with E-state index in [0.29, 0.717) is 0 Å². The summed E-state index contributed by atoms with van der Waals surface area (Å²) < 4.78 is 5.29. The van der Waals surface area contributed by atoms with Gasteiger partial charge in [-0.05, 0) is 37.7 Å². The number of hydrogen-bond acceptors (Lipinski definition) is 3. The fourth-order valence-electron chi connectivity index (χ4n) is 2.90. The Morgan fingerprint density at radius 2 is 2.41 bits per heavy atom. The maximum atomic E-state index is 6.50. The van der Waals surface area contributed by atoms with E-state index in [1.165, 1.54) is 12.8 Å². The first-order valence-electron chi connectivity index (χ1n) is 6.43. The lowest BCUT2D eigenvalue weighted by atomic mass is 9.89. The van der Waals surface area contributed by atoms with Crippen LogP contribution in [0.25, 0.3) is 0 Å². The van der Waals surface area contributed by atoms with Gasteiger partial charge in [0.15, 0.2) is 0 Å². The van der Waals surface area contributed by atoms with Gasteiger partial charge in [-0.25, -0.2) is 4.98 Å². The zero-order valence-electron chi connectivity index (χ0n) is 10.8. The number of methoxy groups -OCH3 is 1. The molecule has 1 saturated carbocycles. The second-order valence-electron chi connectivity index (χ2n) is 5.23. The molecule has 0 aromatic carbocycles. The zero-order chi connectivity index (χ0) is 12.3. The van der Waals surface area contributed by atoms with Gasteiger partial charge in [-0.2, -0.15) is 0 Å². The highest BCUT2D eigenvalue weighted by molar-refractivity contribution is 5.27. The Kier molecular flexibility index (Phi) is 3.67.